The number of carboxylic acids is 2. The molecular weight excluding hydrogens is 573 g/mol. The van der Waals surface area contributed by atoms with Crippen LogP contribution >= 0.6 is 0 Å². The number of unbranched alkanes of at least 4 members (excludes halogenated alkanes) is 28. The van der Waals surface area contributed by atoms with Gasteiger partial charge in [0.2, 0.25) is 0 Å². The van der Waals surface area contributed by atoms with E-state index in [9.17, 15) is 19.8 Å². The number of carbonyl (C=O) groups is 2. The average Bonchev–Trinajstić information content (AvgIpc) is 2.97. The molecule has 0 amide bonds. The van der Waals surface area contributed by atoms with E-state index in [0.29, 0.717) is 0 Å². The zero-order valence-electron chi connectivity index (χ0n) is 31.0. The van der Waals surface area contributed by atoms with E-state index in [1.165, 1.54) is 167 Å². The molecule has 0 aliphatic heterocycles. The Morgan fingerprint density at radius 2 is 0.533 bits per heavy atom. The van der Waals surface area contributed by atoms with Gasteiger partial charge in [-0.2, -0.15) is 0 Å². The predicted molar refractivity (Wildman–Crippen MR) is 192 cm³/mol. The molecule has 0 atom stereocenters. The number of aliphatic carboxylic acids is 2. The van der Waals surface area contributed by atoms with Crippen LogP contribution in [-0.4, -0.2) is 46.2 Å². The van der Waals surface area contributed by atoms with E-state index in [-0.39, 0.29) is 42.0 Å². The first-order valence-electron chi connectivity index (χ1n) is 19.4. The number of hydrogen-bond acceptors (Lipinski definition) is 5. The Kier molecular flexibility index (Phi) is 55.0. The molecule has 0 heterocycles. The minimum Gasteiger partial charge on any atom is -0.550 e. The van der Waals surface area contributed by atoms with Crippen LogP contribution in [0.2, 0.25) is 0 Å². The topological polar surface area (TPSA) is 100 Å². The summed E-state index contributed by atoms with van der Waals surface area (Å²) in [5, 5.41) is 28.5. The first-order chi connectivity index (χ1) is 21.3. The van der Waals surface area contributed by atoms with Crippen molar-refractivity contribution in [3.63, 3.8) is 0 Å². The molecule has 0 aromatic carbocycles. The fourth-order valence-electron chi connectivity index (χ4n) is 5.28. The molecular formula is C39H78MgO5. The number of carbonyl (C=O) groups excluding carboxylic acids is 2. The van der Waals surface area contributed by atoms with Crippen LogP contribution in [-0.2, 0) is 9.59 Å². The largest absolute Gasteiger partial charge is 2.00 e. The van der Waals surface area contributed by atoms with Gasteiger partial charge >= 0.3 is 23.1 Å². The molecule has 0 saturated heterocycles. The van der Waals surface area contributed by atoms with Crippen molar-refractivity contribution in [1.82, 2.24) is 0 Å². The smallest absolute Gasteiger partial charge is 0.550 e. The average molecular weight is 651 g/mol. The van der Waals surface area contributed by atoms with Crippen molar-refractivity contribution in [3.8, 4) is 0 Å². The quantitative estimate of drug-likeness (QED) is 0.0577. The van der Waals surface area contributed by atoms with Gasteiger partial charge in [0.05, 0.1) is 0 Å². The van der Waals surface area contributed by atoms with Crippen LogP contribution < -0.4 is 10.2 Å². The van der Waals surface area contributed by atoms with E-state index in [1.807, 2.05) is 0 Å². The summed E-state index contributed by atoms with van der Waals surface area (Å²) >= 11 is 0. The standard InChI is InChI=1S/2C18H36O2.C3H8O.Mg/c2*1-2-3-4-5-6-7-8-9-10-11-12-13-14-15-16-17-18(19)20;1-3(2)4;/h2*2-17H2,1H3,(H,19,20);3-4H,1-2H3;/q;;;+2/p-2. The van der Waals surface area contributed by atoms with Crippen molar-refractivity contribution >= 4 is 35.0 Å². The molecule has 0 fully saturated rings. The molecule has 0 rings (SSSR count). The predicted octanol–water partition coefficient (Wildman–Crippen LogP) is 10.0. The molecule has 5 nitrogen and oxygen atoms in total. The number of aliphatic hydroxyl groups is 1. The van der Waals surface area contributed by atoms with Gasteiger partial charge in [0.25, 0.3) is 0 Å². The second kappa shape index (κ2) is 48.1. The maximum atomic E-state index is 10.2. The SMILES string of the molecule is CC(C)O.CCCCCCCCCCCCCCCCCC(=O)[O-].CCCCCCCCCCCCCCCCCC(=O)[O-].[Mg+2]. The van der Waals surface area contributed by atoms with Crippen molar-refractivity contribution in [2.45, 2.75) is 239 Å². The van der Waals surface area contributed by atoms with Gasteiger partial charge in [0.15, 0.2) is 0 Å². The summed E-state index contributed by atoms with van der Waals surface area (Å²) in [5.41, 5.74) is 0. The number of aliphatic hydroxyl groups excluding tert-OH is 1. The van der Waals surface area contributed by atoms with E-state index in [1.54, 1.807) is 13.8 Å². The van der Waals surface area contributed by atoms with Crippen LogP contribution in [0.5, 0.6) is 0 Å². The monoisotopic (exact) mass is 651 g/mol. The second-order valence-corrected chi connectivity index (χ2v) is 13.2. The van der Waals surface area contributed by atoms with Gasteiger partial charge in [-0.05, 0) is 39.5 Å². The van der Waals surface area contributed by atoms with E-state index in [2.05, 4.69) is 13.8 Å². The minimum absolute atomic E-state index is 0. The Balaban J connectivity index is -0.000000327. The fourth-order valence-corrected chi connectivity index (χ4v) is 5.28. The first kappa shape index (κ1) is 51.5. The van der Waals surface area contributed by atoms with Gasteiger partial charge in [0, 0.05) is 18.0 Å². The van der Waals surface area contributed by atoms with Crippen LogP contribution in [0.1, 0.15) is 233 Å². The fraction of sp³-hybridized carbons (Fsp3) is 0.949. The van der Waals surface area contributed by atoms with Crippen LogP contribution in [0.15, 0.2) is 0 Å². The van der Waals surface area contributed by atoms with Crippen LogP contribution in [0.25, 0.3) is 0 Å². The van der Waals surface area contributed by atoms with Crippen LogP contribution in [0.4, 0.5) is 0 Å². The third-order valence-corrected chi connectivity index (χ3v) is 7.97. The molecule has 45 heavy (non-hydrogen) atoms. The third-order valence-electron chi connectivity index (χ3n) is 7.97. The molecule has 0 aromatic rings. The third kappa shape index (κ3) is 66.9. The summed E-state index contributed by atoms with van der Waals surface area (Å²) in [6.45, 7) is 7.98. The summed E-state index contributed by atoms with van der Waals surface area (Å²) in [6, 6.07) is 0. The summed E-state index contributed by atoms with van der Waals surface area (Å²) < 4.78 is 0. The minimum atomic E-state index is -0.903. The van der Waals surface area contributed by atoms with E-state index in [0.717, 1.165) is 25.7 Å². The van der Waals surface area contributed by atoms with Crippen molar-refractivity contribution in [2.75, 3.05) is 0 Å². The van der Waals surface area contributed by atoms with E-state index >= 15 is 0 Å². The van der Waals surface area contributed by atoms with Gasteiger partial charge in [-0.15, -0.1) is 0 Å². The molecule has 1 N–H and O–H groups in total. The maximum absolute atomic E-state index is 10.2. The van der Waals surface area contributed by atoms with Crippen LogP contribution in [0, 0.1) is 0 Å². The number of hydrogen-bond donors (Lipinski definition) is 1. The molecule has 0 aromatic heterocycles. The number of rotatable bonds is 32. The Labute approximate surface area is 298 Å². The molecule has 0 radical (unpaired) electrons. The summed E-state index contributed by atoms with van der Waals surface area (Å²) in [4.78, 5) is 20.4. The zero-order chi connectivity index (χ0) is 33.4. The van der Waals surface area contributed by atoms with E-state index in [4.69, 9.17) is 5.11 Å². The number of carboxylic acid groups (broad SMARTS) is 2. The molecule has 0 aliphatic carbocycles. The molecule has 0 unspecified atom stereocenters. The van der Waals surface area contributed by atoms with Crippen molar-refractivity contribution in [2.24, 2.45) is 0 Å². The summed E-state index contributed by atoms with van der Waals surface area (Å²) in [6.07, 6.45) is 39.5. The Hall–Kier alpha value is -0.334. The van der Waals surface area contributed by atoms with Crippen LogP contribution in [0.3, 0.4) is 0 Å². The first-order valence-corrected chi connectivity index (χ1v) is 19.4. The van der Waals surface area contributed by atoms with Gasteiger partial charge in [0.1, 0.15) is 0 Å². The Morgan fingerprint density at radius 3 is 0.667 bits per heavy atom. The van der Waals surface area contributed by atoms with E-state index < -0.39 is 11.9 Å². The molecule has 0 saturated carbocycles. The molecule has 0 bridgehead atoms. The zero-order valence-corrected chi connectivity index (χ0v) is 32.4. The molecule has 0 aliphatic rings. The second-order valence-electron chi connectivity index (χ2n) is 13.2. The van der Waals surface area contributed by atoms with Crippen molar-refractivity contribution < 1.29 is 24.9 Å². The Bertz CT molecular complexity index is 495. The van der Waals surface area contributed by atoms with Gasteiger partial charge in [-0.25, -0.2) is 0 Å². The van der Waals surface area contributed by atoms with Crippen molar-refractivity contribution in [1.29, 1.82) is 0 Å². The van der Waals surface area contributed by atoms with Crippen molar-refractivity contribution in [3.05, 3.63) is 0 Å². The Morgan fingerprint density at radius 1 is 0.400 bits per heavy atom. The molecule has 266 valence electrons. The normalized spacial score (nSPS) is 10.4. The summed E-state index contributed by atoms with van der Waals surface area (Å²) in [7, 11) is 0. The van der Waals surface area contributed by atoms with Gasteiger partial charge in [-0.1, -0.05) is 194 Å². The maximum Gasteiger partial charge on any atom is 2.00 e. The summed E-state index contributed by atoms with van der Waals surface area (Å²) in [5.74, 6) is -1.81. The van der Waals surface area contributed by atoms with Gasteiger partial charge in [-0.3, -0.25) is 0 Å². The molecule has 0 spiro atoms. The van der Waals surface area contributed by atoms with Gasteiger partial charge < -0.3 is 24.9 Å². The molecule has 6 heteroatoms.